The molecular formula is C16H23NO3S. The number of aliphatic hydroxyl groups excluding tert-OH is 1. The number of benzene rings is 1. The molecule has 1 aromatic carbocycles. The van der Waals surface area contributed by atoms with Crippen LogP contribution in [0.15, 0.2) is 29.2 Å². The summed E-state index contributed by atoms with van der Waals surface area (Å²) in [4.78, 5) is 0.199. The monoisotopic (exact) mass is 309 g/mol. The van der Waals surface area contributed by atoms with Crippen molar-refractivity contribution in [2.24, 2.45) is 5.92 Å². The van der Waals surface area contributed by atoms with Gasteiger partial charge in [-0.25, -0.2) is 13.1 Å². The molecule has 4 nitrogen and oxygen atoms in total. The fourth-order valence-electron chi connectivity index (χ4n) is 2.29. The van der Waals surface area contributed by atoms with Gasteiger partial charge in [-0.05, 0) is 31.0 Å². The summed E-state index contributed by atoms with van der Waals surface area (Å²) in [6.45, 7) is 5.76. The van der Waals surface area contributed by atoms with Gasteiger partial charge in [0.25, 0.3) is 0 Å². The summed E-state index contributed by atoms with van der Waals surface area (Å²) in [5, 5.41) is 8.69. The van der Waals surface area contributed by atoms with E-state index in [2.05, 4.69) is 30.4 Å². The van der Waals surface area contributed by atoms with Crippen LogP contribution in [0.5, 0.6) is 0 Å². The van der Waals surface area contributed by atoms with Gasteiger partial charge in [-0.3, -0.25) is 0 Å². The summed E-state index contributed by atoms with van der Waals surface area (Å²) in [5.41, 5.74) is 0.571. The molecule has 0 aliphatic heterocycles. The predicted octanol–water partition coefficient (Wildman–Crippen LogP) is 2.13. The van der Waals surface area contributed by atoms with Gasteiger partial charge in [-0.15, -0.1) is 0 Å². The molecule has 0 spiro atoms. The third-order valence-corrected chi connectivity index (χ3v) is 5.11. The van der Waals surface area contributed by atoms with Crippen LogP contribution in [0.25, 0.3) is 0 Å². The summed E-state index contributed by atoms with van der Waals surface area (Å²) in [7, 11) is -3.55. The maximum absolute atomic E-state index is 12.4. The van der Waals surface area contributed by atoms with E-state index in [1.807, 2.05) is 6.92 Å². The van der Waals surface area contributed by atoms with Crippen molar-refractivity contribution in [2.75, 3.05) is 6.61 Å². The highest BCUT2D eigenvalue weighted by Gasteiger charge is 2.21. The van der Waals surface area contributed by atoms with Gasteiger partial charge in [0, 0.05) is 11.6 Å². The standard InChI is InChI=1S/C16H23NO3S/c1-4-15(5-2)13(3)17-21(19,20)16-10-6-8-14(12-16)9-7-11-18/h6,8,10,12-13,15,17-18H,4-5,11H2,1-3H3. The Balaban J connectivity index is 2.97. The highest BCUT2D eigenvalue weighted by molar-refractivity contribution is 7.89. The Morgan fingerprint density at radius 3 is 2.52 bits per heavy atom. The van der Waals surface area contributed by atoms with Crippen molar-refractivity contribution in [1.29, 1.82) is 0 Å². The van der Waals surface area contributed by atoms with Crippen LogP contribution >= 0.6 is 0 Å². The van der Waals surface area contributed by atoms with Crippen LogP contribution in [0.4, 0.5) is 0 Å². The molecule has 0 amide bonds. The third-order valence-electron chi connectivity index (χ3n) is 3.55. The van der Waals surface area contributed by atoms with E-state index in [1.165, 1.54) is 6.07 Å². The minimum absolute atomic E-state index is 0.114. The Kier molecular flexibility index (Phi) is 6.90. The van der Waals surface area contributed by atoms with Crippen molar-refractivity contribution < 1.29 is 13.5 Å². The normalized spacial score (nSPS) is 12.8. The van der Waals surface area contributed by atoms with Crippen LogP contribution in [0, 0.1) is 17.8 Å². The van der Waals surface area contributed by atoms with Gasteiger partial charge in [0.05, 0.1) is 4.90 Å². The topological polar surface area (TPSA) is 66.4 Å². The molecule has 0 bridgehead atoms. The van der Waals surface area contributed by atoms with Crippen LogP contribution in [0.1, 0.15) is 39.2 Å². The summed E-state index contributed by atoms with van der Waals surface area (Å²) in [6, 6.07) is 6.32. The number of rotatable bonds is 6. The van der Waals surface area contributed by atoms with E-state index >= 15 is 0 Å². The summed E-state index contributed by atoms with van der Waals surface area (Å²) in [5.74, 6) is 5.54. The van der Waals surface area contributed by atoms with E-state index < -0.39 is 10.0 Å². The molecule has 0 heterocycles. The second-order valence-corrected chi connectivity index (χ2v) is 6.69. The zero-order chi connectivity index (χ0) is 15.9. The van der Waals surface area contributed by atoms with Crippen molar-refractivity contribution in [2.45, 2.75) is 44.6 Å². The molecular weight excluding hydrogens is 286 g/mol. The van der Waals surface area contributed by atoms with E-state index in [0.717, 1.165) is 12.8 Å². The van der Waals surface area contributed by atoms with Crippen molar-refractivity contribution in [3.63, 3.8) is 0 Å². The summed E-state index contributed by atoms with van der Waals surface area (Å²) < 4.78 is 27.5. The number of hydrogen-bond acceptors (Lipinski definition) is 3. The summed E-state index contributed by atoms with van der Waals surface area (Å²) in [6.07, 6.45) is 1.87. The van der Waals surface area contributed by atoms with Crippen molar-refractivity contribution in [3.05, 3.63) is 29.8 Å². The van der Waals surface area contributed by atoms with E-state index in [4.69, 9.17) is 5.11 Å². The lowest BCUT2D eigenvalue weighted by atomic mass is 9.96. The molecule has 1 aromatic rings. The molecule has 1 atom stereocenters. The smallest absolute Gasteiger partial charge is 0.240 e. The van der Waals surface area contributed by atoms with E-state index in [9.17, 15) is 8.42 Å². The maximum Gasteiger partial charge on any atom is 0.240 e. The average molecular weight is 309 g/mol. The van der Waals surface area contributed by atoms with Gasteiger partial charge in [0.1, 0.15) is 6.61 Å². The van der Waals surface area contributed by atoms with Crippen molar-refractivity contribution in [3.8, 4) is 11.8 Å². The Labute approximate surface area is 127 Å². The molecule has 1 rings (SSSR count). The molecule has 1 unspecified atom stereocenters. The van der Waals surface area contributed by atoms with Gasteiger partial charge in [-0.1, -0.05) is 44.6 Å². The van der Waals surface area contributed by atoms with Crippen LogP contribution in [0.3, 0.4) is 0 Å². The van der Waals surface area contributed by atoms with Crippen LogP contribution in [-0.2, 0) is 10.0 Å². The van der Waals surface area contributed by atoms with Crippen LogP contribution in [-0.4, -0.2) is 26.2 Å². The number of sulfonamides is 1. The molecule has 5 heteroatoms. The second kappa shape index (κ2) is 8.18. The predicted molar refractivity (Wildman–Crippen MR) is 84.3 cm³/mol. The minimum Gasteiger partial charge on any atom is -0.384 e. The first-order valence-corrected chi connectivity index (χ1v) is 8.65. The lowest BCUT2D eigenvalue weighted by Gasteiger charge is -2.22. The fourth-order valence-corrected chi connectivity index (χ4v) is 3.65. The number of aliphatic hydroxyl groups is 1. The average Bonchev–Trinajstić information content (AvgIpc) is 2.46. The van der Waals surface area contributed by atoms with Crippen LogP contribution in [0.2, 0.25) is 0 Å². The van der Waals surface area contributed by atoms with Crippen molar-refractivity contribution >= 4 is 10.0 Å². The Bertz CT molecular complexity index is 610. The Morgan fingerprint density at radius 2 is 1.95 bits per heavy atom. The van der Waals surface area contributed by atoms with E-state index in [-0.39, 0.29) is 17.5 Å². The molecule has 21 heavy (non-hydrogen) atoms. The zero-order valence-corrected chi connectivity index (χ0v) is 13.6. The van der Waals surface area contributed by atoms with Gasteiger partial charge in [0.2, 0.25) is 10.0 Å². The fraction of sp³-hybridized carbons (Fsp3) is 0.500. The van der Waals surface area contributed by atoms with Gasteiger partial charge in [0.15, 0.2) is 0 Å². The van der Waals surface area contributed by atoms with Gasteiger partial charge < -0.3 is 5.11 Å². The molecule has 0 fully saturated rings. The molecule has 0 aromatic heterocycles. The zero-order valence-electron chi connectivity index (χ0n) is 12.8. The minimum atomic E-state index is -3.55. The maximum atomic E-state index is 12.4. The van der Waals surface area contributed by atoms with Crippen molar-refractivity contribution in [1.82, 2.24) is 4.72 Å². The van der Waals surface area contributed by atoms with Crippen LogP contribution < -0.4 is 4.72 Å². The molecule has 0 saturated carbocycles. The molecule has 0 aliphatic rings. The first-order chi connectivity index (χ1) is 9.94. The quantitative estimate of drug-likeness (QED) is 0.791. The van der Waals surface area contributed by atoms with E-state index in [1.54, 1.807) is 18.2 Å². The Hall–Kier alpha value is -1.35. The molecule has 116 valence electrons. The highest BCUT2D eigenvalue weighted by Crippen LogP contribution is 2.17. The molecule has 2 N–H and O–H groups in total. The molecule has 0 saturated heterocycles. The third kappa shape index (κ3) is 5.16. The Morgan fingerprint density at radius 1 is 1.29 bits per heavy atom. The lowest BCUT2D eigenvalue weighted by molar-refractivity contribution is 0.350. The number of nitrogens with one attached hydrogen (secondary N) is 1. The van der Waals surface area contributed by atoms with Gasteiger partial charge >= 0.3 is 0 Å². The SMILES string of the molecule is CCC(CC)C(C)NS(=O)(=O)c1cccc(C#CCO)c1. The first kappa shape index (κ1) is 17.7. The molecule has 0 radical (unpaired) electrons. The molecule has 0 aliphatic carbocycles. The summed E-state index contributed by atoms with van der Waals surface area (Å²) >= 11 is 0. The number of hydrogen-bond donors (Lipinski definition) is 2. The van der Waals surface area contributed by atoms with Gasteiger partial charge in [-0.2, -0.15) is 0 Å². The highest BCUT2D eigenvalue weighted by atomic mass is 32.2. The largest absolute Gasteiger partial charge is 0.384 e. The lowest BCUT2D eigenvalue weighted by Crippen LogP contribution is -2.37. The first-order valence-electron chi connectivity index (χ1n) is 7.16. The second-order valence-electron chi connectivity index (χ2n) is 4.97. The van der Waals surface area contributed by atoms with E-state index in [0.29, 0.717) is 11.5 Å².